The second-order valence-corrected chi connectivity index (χ2v) is 6.01. The minimum atomic E-state index is 0.462. The van der Waals surface area contributed by atoms with Gasteiger partial charge in [-0.25, -0.2) is 9.97 Å². The van der Waals surface area contributed by atoms with Crippen molar-refractivity contribution in [1.29, 1.82) is 0 Å². The van der Waals surface area contributed by atoms with E-state index in [1.165, 1.54) is 5.56 Å². The topological polar surface area (TPSA) is 64.7 Å². The number of fused-ring (bicyclic) bond motifs is 1. The standard InChI is InChI=1S/C16H19N7/c1-2-14(6-17-3-1)7-21-8-15(10-23-13-18-12-20-23)9-22-5-4-19-16(22)11-21/h1-6,12-13,15H,7-11H2. The molecule has 3 aromatic rings. The van der Waals surface area contributed by atoms with E-state index in [0.717, 1.165) is 38.5 Å². The molecule has 0 fully saturated rings. The third-order valence-corrected chi connectivity index (χ3v) is 4.18. The Morgan fingerprint density at radius 2 is 2.17 bits per heavy atom. The van der Waals surface area contributed by atoms with Crippen molar-refractivity contribution in [2.24, 2.45) is 5.92 Å². The number of pyridine rings is 1. The van der Waals surface area contributed by atoms with Gasteiger partial charge in [0.25, 0.3) is 0 Å². The van der Waals surface area contributed by atoms with E-state index in [1.807, 2.05) is 29.3 Å². The Hall–Kier alpha value is -2.54. The second kappa shape index (κ2) is 6.29. The maximum absolute atomic E-state index is 4.51. The van der Waals surface area contributed by atoms with E-state index in [4.69, 9.17) is 0 Å². The Labute approximate surface area is 134 Å². The van der Waals surface area contributed by atoms with Crippen LogP contribution in [0.25, 0.3) is 0 Å². The molecule has 0 bridgehead atoms. The van der Waals surface area contributed by atoms with Crippen LogP contribution in [-0.4, -0.2) is 40.7 Å². The first kappa shape index (κ1) is 14.1. The number of hydrogen-bond acceptors (Lipinski definition) is 5. The van der Waals surface area contributed by atoms with Gasteiger partial charge in [-0.3, -0.25) is 14.6 Å². The van der Waals surface area contributed by atoms with Gasteiger partial charge in [0.15, 0.2) is 0 Å². The number of nitrogens with zero attached hydrogens (tertiary/aromatic N) is 7. The largest absolute Gasteiger partial charge is 0.333 e. The lowest BCUT2D eigenvalue weighted by Gasteiger charge is -2.23. The summed E-state index contributed by atoms with van der Waals surface area (Å²) in [6.07, 6.45) is 11.1. The number of imidazole rings is 1. The van der Waals surface area contributed by atoms with E-state index >= 15 is 0 Å². The third kappa shape index (κ3) is 3.29. The van der Waals surface area contributed by atoms with Gasteiger partial charge in [0.2, 0.25) is 0 Å². The first-order chi connectivity index (χ1) is 11.4. The van der Waals surface area contributed by atoms with Gasteiger partial charge in [0, 0.05) is 56.9 Å². The first-order valence-electron chi connectivity index (χ1n) is 7.80. The number of rotatable bonds is 4. The average Bonchev–Trinajstić information content (AvgIpc) is 3.18. The van der Waals surface area contributed by atoms with Crippen molar-refractivity contribution in [3.63, 3.8) is 0 Å². The van der Waals surface area contributed by atoms with Gasteiger partial charge in [0.1, 0.15) is 18.5 Å². The quantitative estimate of drug-likeness (QED) is 0.724. The zero-order valence-corrected chi connectivity index (χ0v) is 12.9. The number of aromatic nitrogens is 6. The molecule has 1 aliphatic heterocycles. The van der Waals surface area contributed by atoms with E-state index in [-0.39, 0.29) is 0 Å². The molecule has 7 heteroatoms. The molecule has 0 spiro atoms. The van der Waals surface area contributed by atoms with Crippen molar-refractivity contribution >= 4 is 0 Å². The maximum atomic E-state index is 4.51. The Morgan fingerprint density at radius 1 is 1.17 bits per heavy atom. The van der Waals surface area contributed by atoms with Crippen LogP contribution < -0.4 is 0 Å². The molecule has 0 aromatic carbocycles. The van der Waals surface area contributed by atoms with Crippen molar-refractivity contribution in [2.45, 2.75) is 26.2 Å². The summed E-state index contributed by atoms with van der Waals surface area (Å²) in [5, 5.41) is 4.25. The molecule has 1 aliphatic rings. The van der Waals surface area contributed by atoms with Gasteiger partial charge in [-0.05, 0) is 11.6 Å². The lowest BCUT2D eigenvalue weighted by Crippen LogP contribution is -2.30. The van der Waals surface area contributed by atoms with Crippen molar-refractivity contribution < 1.29 is 0 Å². The van der Waals surface area contributed by atoms with Crippen LogP contribution >= 0.6 is 0 Å². The minimum absolute atomic E-state index is 0.462. The highest BCUT2D eigenvalue weighted by Gasteiger charge is 2.23. The normalized spacial score (nSPS) is 18.5. The van der Waals surface area contributed by atoms with Crippen LogP contribution in [0.5, 0.6) is 0 Å². The summed E-state index contributed by atoms with van der Waals surface area (Å²) in [6, 6.07) is 4.11. The van der Waals surface area contributed by atoms with E-state index in [2.05, 4.69) is 41.8 Å². The molecule has 0 saturated heterocycles. The molecule has 4 heterocycles. The van der Waals surface area contributed by atoms with Crippen molar-refractivity contribution in [3.8, 4) is 0 Å². The van der Waals surface area contributed by atoms with Gasteiger partial charge in [-0.2, -0.15) is 5.10 Å². The van der Waals surface area contributed by atoms with Gasteiger partial charge in [0.05, 0.1) is 6.54 Å². The molecule has 0 saturated carbocycles. The summed E-state index contributed by atoms with van der Waals surface area (Å²) in [5.74, 6) is 1.58. The smallest absolute Gasteiger partial charge is 0.137 e. The Bertz CT molecular complexity index is 735. The zero-order chi connectivity index (χ0) is 15.5. The summed E-state index contributed by atoms with van der Waals surface area (Å²) in [5.41, 5.74) is 1.23. The molecule has 0 amide bonds. The molecule has 0 radical (unpaired) electrons. The van der Waals surface area contributed by atoms with Crippen LogP contribution in [0.15, 0.2) is 49.6 Å². The number of hydrogen-bond donors (Lipinski definition) is 0. The van der Waals surface area contributed by atoms with Crippen LogP contribution in [0.3, 0.4) is 0 Å². The summed E-state index contributed by atoms with van der Waals surface area (Å²) in [6.45, 7) is 4.56. The Kier molecular flexibility index (Phi) is 3.85. The summed E-state index contributed by atoms with van der Waals surface area (Å²) in [7, 11) is 0. The fourth-order valence-electron chi connectivity index (χ4n) is 3.20. The highest BCUT2D eigenvalue weighted by Crippen LogP contribution is 2.18. The van der Waals surface area contributed by atoms with Crippen LogP contribution in [-0.2, 0) is 26.2 Å². The monoisotopic (exact) mass is 309 g/mol. The second-order valence-electron chi connectivity index (χ2n) is 6.01. The lowest BCUT2D eigenvalue weighted by molar-refractivity contribution is 0.205. The first-order valence-corrected chi connectivity index (χ1v) is 7.80. The molecule has 118 valence electrons. The SMILES string of the molecule is c1cncc(CN2Cc3nccn3CC(Cn3cncn3)C2)c1. The minimum Gasteiger partial charge on any atom is -0.333 e. The third-order valence-electron chi connectivity index (χ3n) is 4.18. The molecular formula is C16H19N7. The average molecular weight is 309 g/mol. The summed E-state index contributed by atoms with van der Waals surface area (Å²) in [4.78, 5) is 15.2. The highest BCUT2D eigenvalue weighted by atomic mass is 15.3. The van der Waals surface area contributed by atoms with E-state index < -0.39 is 0 Å². The van der Waals surface area contributed by atoms with E-state index in [9.17, 15) is 0 Å². The molecule has 7 nitrogen and oxygen atoms in total. The van der Waals surface area contributed by atoms with E-state index in [1.54, 1.807) is 12.7 Å². The fourth-order valence-corrected chi connectivity index (χ4v) is 3.20. The van der Waals surface area contributed by atoms with Crippen LogP contribution in [0, 0.1) is 5.92 Å². The molecule has 1 unspecified atom stereocenters. The Morgan fingerprint density at radius 3 is 3.00 bits per heavy atom. The van der Waals surface area contributed by atoms with Gasteiger partial charge in [-0.15, -0.1) is 0 Å². The molecular weight excluding hydrogens is 290 g/mol. The summed E-state index contributed by atoms with van der Waals surface area (Å²) >= 11 is 0. The highest BCUT2D eigenvalue weighted by molar-refractivity contribution is 5.09. The molecule has 3 aromatic heterocycles. The van der Waals surface area contributed by atoms with Gasteiger partial charge >= 0.3 is 0 Å². The predicted molar refractivity (Wildman–Crippen MR) is 84.1 cm³/mol. The molecule has 23 heavy (non-hydrogen) atoms. The Balaban J connectivity index is 1.54. The maximum Gasteiger partial charge on any atom is 0.137 e. The van der Waals surface area contributed by atoms with Crippen molar-refractivity contribution in [3.05, 3.63) is 61.0 Å². The molecule has 0 aliphatic carbocycles. The summed E-state index contributed by atoms with van der Waals surface area (Å²) < 4.78 is 4.17. The van der Waals surface area contributed by atoms with Crippen LogP contribution in [0.2, 0.25) is 0 Å². The van der Waals surface area contributed by atoms with Gasteiger partial charge < -0.3 is 4.57 Å². The lowest BCUT2D eigenvalue weighted by atomic mass is 10.1. The molecule has 4 rings (SSSR count). The van der Waals surface area contributed by atoms with Crippen molar-refractivity contribution in [2.75, 3.05) is 6.54 Å². The zero-order valence-electron chi connectivity index (χ0n) is 12.9. The van der Waals surface area contributed by atoms with Gasteiger partial charge in [-0.1, -0.05) is 6.07 Å². The van der Waals surface area contributed by atoms with Crippen LogP contribution in [0.4, 0.5) is 0 Å². The van der Waals surface area contributed by atoms with E-state index in [0.29, 0.717) is 5.92 Å². The van der Waals surface area contributed by atoms with Crippen LogP contribution in [0.1, 0.15) is 11.4 Å². The fraction of sp³-hybridized carbons (Fsp3) is 0.375. The molecule has 1 atom stereocenters. The predicted octanol–water partition coefficient (Wildman–Crippen LogP) is 1.20. The van der Waals surface area contributed by atoms with Crippen molar-refractivity contribution in [1.82, 2.24) is 34.2 Å². The molecule has 0 N–H and O–H groups in total.